The number of hydrogen-bond donors (Lipinski definition) is 2. The summed E-state index contributed by atoms with van der Waals surface area (Å²) in [6, 6.07) is 9.55. The predicted octanol–water partition coefficient (Wildman–Crippen LogP) is 3.95. The normalized spacial score (nSPS) is 11.2. The molecule has 2 aromatic carbocycles. The van der Waals surface area contributed by atoms with Gasteiger partial charge in [0.25, 0.3) is 0 Å². The van der Waals surface area contributed by atoms with Crippen molar-refractivity contribution in [3.8, 4) is 0 Å². The topological polar surface area (TPSA) is 81.4 Å². The number of benzene rings is 2. The number of allylic oxidation sites excluding steroid dienone is 1. The number of esters is 1. The molecule has 3 N–H and O–H groups in total. The minimum Gasteiger partial charge on any atom is -0.465 e. The average molecular weight is 388 g/mol. The first-order valence-electron chi connectivity index (χ1n) is 8.87. The molecule has 7 heteroatoms. The maximum absolute atomic E-state index is 13.6. The van der Waals surface area contributed by atoms with Crippen LogP contribution in [0.3, 0.4) is 0 Å². The van der Waals surface area contributed by atoms with E-state index in [1.54, 1.807) is 24.3 Å². The molecule has 0 saturated heterocycles. The summed E-state index contributed by atoms with van der Waals surface area (Å²) in [7, 11) is 0. The molecule has 0 aliphatic carbocycles. The molecule has 0 bridgehead atoms. The second-order valence-electron chi connectivity index (χ2n) is 6.16. The van der Waals surface area contributed by atoms with Crippen LogP contribution in [0.15, 0.2) is 54.4 Å². The fraction of sp³-hybridized carbons (Fsp3) is 0.238. The molecular formula is C21H22F2N2O3. The van der Waals surface area contributed by atoms with Gasteiger partial charge in [-0.05, 0) is 36.2 Å². The lowest BCUT2D eigenvalue weighted by Crippen LogP contribution is -2.13. The second-order valence-corrected chi connectivity index (χ2v) is 6.16. The van der Waals surface area contributed by atoms with Gasteiger partial charge in [0.1, 0.15) is 17.5 Å². The van der Waals surface area contributed by atoms with Crippen molar-refractivity contribution in [3.05, 3.63) is 77.1 Å². The molecule has 5 nitrogen and oxygen atoms in total. The SMILES string of the molecule is CCCCOC(=O)Cc1ccc(N/C(N)=C/C(=O)c2ccc(F)cc2F)cc1. The smallest absolute Gasteiger partial charge is 0.310 e. The van der Waals surface area contributed by atoms with E-state index in [2.05, 4.69) is 5.32 Å². The van der Waals surface area contributed by atoms with Crippen molar-refractivity contribution in [3.63, 3.8) is 0 Å². The number of rotatable bonds is 9. The van der Waals surface area contributed by atoms with Crippen LogP contribution < -0.4 is 11.1 Å². The van der Waals surface area contributed by atoms with Gasteiger partial charge in [-0.3, -0.25) is 9.59 Å². The summed E-state index contributed by atoms with van der Waals surface area (Å²) in [6.45, 7) is 2.43. The van der Waals surface area contributed by atoms with E-state index in [-0.39, 0.29) is 23.8 Å². The summed E-state index contributed by atoms with van der Waals surface area (Å²) < 4.78 is 31.7. The highest BCUT2D eigenvalue weighted by molar-refractivity contribution is 6.05. The second kappa shape index (κ2) is 10.2. The molecule has 0 unspecified atom stereocenters. The Labute approximate surface area is 162 Å². The monoisotopic (exact) mass is 388 g/mol. The van der Waals surface area contributed by atoms with Crippen LogP contribution in [0.4, 0.5) is 14.5 Å². The van der Waals surface area contributed by atoms with E-state index in [1.807, 2.05) is 6.92 Å². The number of anilines is 1. The molecule has 0 heterocycles. The molecule has 148 valence electrons. The van der Waals surface area contributed by atoms with Crippen LogP contribution in [0.25, 0.3) is 0 Å². The lowest BCUT2D eigenvalue weighted by Gasteiger charge is -2.08. The lowest BCUT2D eigenvalue weighted by molar-refractivity contribution is -0.142. The van der Waals surface area contributed by atoms with E-state index < -0.39 is 17.4 Å². The van der Waals surface area contributed by atoms with Gasteiger partial charge in [-0.15, -0.1) is 0 Å². The fourth-order valence-electron chi connectivity index (χ4n) is 2.37. The van der Waals surface area contributed by atoms with Gasteiger partial charge in [0.05, 0.1) is 18.6 Å². The van der Waals surface area contributed by atoms with Crippen LogP contribution in [0.5, 0.6) is 0 Å². The third-order valence-electron chi connectivity index (χ3n) is 3.84. The molecule has 0 radical (unpaired) electrons. The van der Waals surface area contributed by atoms with Gasteiger partial charge < -0.3 is 15.8 Å². The molecular weight excluding hydrogens is 366 g/mol. The minimum absolute atomic E-state index is 0.000417. The Morgan fingerprint density at radius 2 is 1.86 bits per heavy atom. The van der Waals surface area contributed by atoms with Crippen LogP contribution in [0, 0.1) is 11.6 Å². The van der Waals surface area contributed by atoms with Gasteiger partial charge in [0.15, 0.2) is 5.78 Å². The van der Waals surface area contributed by atoms with Crippen molar-refractivity contribution in [1.82, 2.24) is 0 Å². The zero-order chi connectivity index (χ0) is 20.5. The van der Waals surface area contributed by atoms with E-state index in [9.17, 15) is 18.4 Å². The van der Waals surface area contributed by atoms with Gasteiger partial charge in [0, 0.05) is 17.8 Å². The number of ketones is 1. The molecule has 2 aromatic rings. The molecule has 0 amide bonds. The van der Waals surface area contributed by atoms with E-state index in [0.29, 0.717) is 18.4 Å². The Hall–Kier alpha value is -3.22. The number of hydrogen-bond acceptors (Lipinski definition) is 5. The molecule has 0 atom stereocenters. The van der Waals surface area contributed by atoms with Crippen molar-refractivity contribution in [1.29, 1.82) is 0 Å². The summed E-state index contributed by atoms with van der Waals surface area (Å²) in [6.07, 6.45) is 2.98. The highest BCUT2D eigenvalue weighted by atomic mass is 19.1. The van der Waals surface area contributed by atoms with Crippen LogP contribution in [-0.2, 0) is 16.0 Å². The maximum atomic E-state index is 13.6. The van der Waals surface area contributed by atoms with E-state index in [1.165, 1.54) is 0 Å². The van der Waals surface area contributed by atoms with Crippen molar-refractivity contribution in [2.45, 2.75) is 26.2 Å². The first-order valence-corrected chi connectivity index (χ1v) is 8.87. The highest BCUT2D eigenvalue weighted by Crippen LogP contribution is 2.14. The standard InChI is InChI=1S/C21H22F2N2O3/c1-2-3-10-28-21(27)11-14-4-7-16(8-5-14)25-20(24)13-19(26)17-9-6-15(22)12-18(17)23/h4-9,12-13,25H,2-3,10-11,24H2,1H3/b20-13+. The number of nitrogens with one attached hydrogen (secondary N) is 1. The summed E-state index contributed by atoms with van der Waals surface area (Å²) in [5.74, 6) is -2.70. The van der Waals surface area contributed by atoms with Gasteiger partial charge >= 0.3 is 5.97 Å². The number of unbranched alkanes of at least 4 members (excludes halogenated alkanes) is 1. The van der Waals surface area contributed by atoms with E-state index in [4.69, 9.17) is 10.5 Å². The molecule has 0 aliphatic rings. The number of carbonyl (C=O) groups is 2. The number of halogens is 2. The van der Waals surface area contributed by atoms with Crippen molar-refractivity contribution in [2.75, 3.05) is 11.9 Å². The Morgan fingerprint density at radius 1 is 1.14 bits per heavy atom. The van der Waals surface area contributed by atoms with Crippen LogP contribution in [-0.4, -0.2) is 18.4 Å². The molecule has 0 saturated carbocycles. The number of carbonyl (C=O) groups excluding carboxylic acids is 2. The zero-order valence-corrected chi connectivity index (χ0v) is 15.5. The quantitative estimate of drug-likeness (QED) is 0.294. The highest BCUT2D eigenvalue weighted by Gasteiger charge is 2.11. The predicted molar refractivity (Wildman–Crippen MR) is 103 cm³/mol. The lowest BCUT2D eigenvalue weighted by atomic mass is 10.1. The van der Waals surface area contributed by atoms with Crippen LogP contribution in [0.2, 0.25) is 0 Å². The summed E-state index contributed by atoms with van der Waals surface area (Å²) in [5.41, 5.74) is 6.86. The molecule has 0 aliphatic heterocycles. The largest absolute Gasteiger partial charge is 0.465 e. The minimum atomic E-state index is -0.954. The third kappa shape index (κ3) is 6.50. The molecule has 0 spiro atoms. The van der Waals surface area contributed by atoms with Gasteiger partial charge in [0.2, 0.25) is 0 Å². The Kier molecular flexibility index (Phi) is 7.68. The summed E-state index contributed by atoms with van der Waals surface area (Å²) >= 11 is 0. The Balaban J connectivity index is 1.94. The molecule has 0 aromatic heterocycles. The van der Waals surface area contributed by atoms with Gasteiger partial charge in [-0.25, -0.2) is 8.78 Å². The molecule has 28 heavy (non-hydrogen) atoms. The van der Waals surface area contributed by atoms with Crippen LogP contribution in [0.1, 0.15) is 35.7 Å². The van der Waals surface area contributed by atoms with Gasteiger partial charge in [-0.1, -0.05) is 25.5 Å². The average Bonchev–Trinajstić information content (AvgIpc) is 2.63. The summed E-state index contributed by atoms with van der Waals surface area (Å²) in [5, 5.41) is 2.80. The van der Waals surface area contributed by atoms with E-state index in [0.717, 1.165) is 36.6 Å². The molecule has 2 rings (SSSR count). The van der Waals surface area contributed by atoms with Crippen molar-refractivity contribution < 1.29 is 23.1 Å². The first-order chi connectivity index (χ1) is 13.4. The van der Waals surface area contributed by atoms with Gasteiger partial charge in [-0.2, -0.15) is 0 Å². The number of nitrogens with two attached hydrogens (primary N) is 1. The van der Waals surface area contributed by atoms with E-state index >= 15 is 0 Å². The first kappa shape index (κ1) is 21.1. The molecule has 0 fully saturated rings. The third-order valence-corrected chi connectivity index (χ3v) is 3.84. The van der Waals surface area contributed by atoms with Crippen molar-refractivity contribution in [2.24, 2.45) is 5.73 Å². The van der Waals surface area contributed by atoms with Crippen molar-refractivity contribution >= 4 is 17.4 Å². The Bertz CT molecular complexity index is 864. The van der Waals surface area contributed by atoms with Crippen LogP contribution >= 0.6 is 0 Å². The summed E-state index contributed by atoms with van der Waals surface area (Å²) in [4.78, 5) is 23.7. The fourth-order valence-corrected chi connectivity index (χ4v) is 2.37. The maximum Gasteiger partial charge on any atom is 0.310 e. The number of ether oxygens (including phenoxy) is 1. The zero-order valence-electron chi connectivity index (χ0n) is 15.5. The Morgan fingerprint density at radius 3 is 2.50 bits per heavy atom.